The summed E-state index contributed by atoms with van der Waals surface area (Å²) in [7, 11) is 4.48. The van der Waals surface area contributed by atoms with Crippen molar-refractivity contribution in [2.24, 2.45) is 0 Å². The third-order valence-electron chi connectivity index (χ3n) is 4.51. The van der Waals surface area contributed by atoms with Crippen LogP contribution in [-0.4, -0.2) is 37.2 Å². The number of amides is 1. The van der Waals surface area contributed by atoms with E-state index in [-0.39, 0.29) is 11.7 Å². The lowest BCUT2D eigenvalue weighted by molar-refractivity contribution is 0.102. The molecule has 2 aromatic heterocycles. The maximum atomic E-state index is 12.9. The van der Waals surface area contributed by atoms with Gasteiger partial charge in [-0.3, -0.25) is 9.78 Å². The van der Waals surface area contributed by atoms with Crippen molar-refractivity contribution in [1.29, 1.82) is 0 Å². The van der Waals surface area contributed by atoms with Gasteiger partial charge in [0, 0.05) is 17.4 Å². The van der Waals surface area contributed by atoms with E-state index in [1.165, 1.54) is 21.3 Å². The van der Waals surface area contributed by atoms with Crippen molar-refractivity contribution in [1.82, 2.24) is 9.97 Å². The minimum absolute atomic E-state index is 0.289. The van der Waals surface area contributed by atoms with Gasteiger partial charge in [0.2, 0.25) is 11.6 Å². The lowest BCUT2D eigenvalue weighted by Crippen LogP contribution is -2.14. The molecule has 0 saturated carbocycles. The van der Waals surface area contributed by atoms with Gasteiger partial charge in [-0.1, -0.05) is 6.07 Å². The maximum absolute atomic E-state index is 12.9. The van der Waals surface area contributed by atoms with Gasteiger partial charge in [0.05, 0.1) is 33.1 Å². The molecule has 0 spiro atoms. The molecule has 0 aliphatic carbocycles. The molecule has 0 fully saturated rings. The van der Waals surface area contributed by atoms with E-state index in [4.69, 9.17) is 18.6 Å². The Balaban J connectivity index is 1.64. The van der Waals surface area contributed by atoms with Gasteiger partial charge in [-0.25, -0.2) is 4.98 Å². The van der Waals surface area contributed by atoms with E-state index < -0.39 is 0 Å². The molecule has 0 aliphatic rings. The molecule has 2 heterocycles. The predicted octanol–water partition coefficient (Wildman–Crippen LogP) is 4.17. The quantitative estimate of drug-likeness (QED) is 0.514. The second kappa shape index (κ2) is 8.12. The van der Waals surface area contributed by atoms with Gasteiger partial charge in [-0.15, -0.1) is 0 Å². The summed E-state index contributed by atoms with van der Waals surface area (Å²) in [6.07, 6.45) is 3.27. The number of rotatable bonds is 6. The normalized spacial score (nSPS) is 10.6. The number of methoxy groups -OCH3 is 3. The van der Waals surface area contributed by atoms with Gasteiger partial charge >= 0.3 is 0 Å². The third-order valence-corrected chi connectivity index (χ3v) is 4.51. The fourth-order valence-electron chi connectivity index (χ4n) is 3.11. The SMILES string of the molecule is COc1ccc(C(=O)Nc2cccc(-c3nc4ccncc4o3)c2)c(OC)c1OC. The van der Waals surface area contributed by atoms with Crippen LogP contribution in [0.3, 0.4) is 0 Å². The first-order chi connectivity index (χ1) is 14.6. The van der Waals surface area contributed by atoms with Crippen LogP contribution in [0.2, 0.25) is 0 Å². The van der Waals surface area contributed by atoms with Crippen molar-refractivity contribution in [2.45, 2.75) is 0 Å². The molecule has 0 aliphatic heterocycles. The van der Waals surface area contributed by atoms with Crippen molar-refractivity contribution in [3.63, 3.8) is 0 Å². The summed E-state index contributed by atoms with van der Waals surface area (Å²) in [5.41, 5.74) is 2.92. The Labute approximate surface area is 172 Å². The standard InChI is InChI=1S/C22H19N3O5/c1-27-17-8-7-15(19(28-2)20(17)29-3)21(26)24-14-6-4-5-13(11-14)22-25-16-9-10-23-12-18(16)30-22/h4-12H,1-3H3,(H,24,26). The van der Waals surface area contributed by atoms with E-state index in [9.17, 15) is 4.79 Å². The summed E-state index contributed by atoms with van der Waals surface area (Å²) in [6.45, 7) is 0. The Morgan fingerprint density at radius 3 is 2.57 bits per heavy atom. The lowest BCUT2D eigenvalue weighted by atomic mass is 10.1. The Bertz CT molecular complexity index is 1190. The van der Waals surface area contributed by atoms with Crippen LogP contribution in [0.1, 0.15) is 10.4 Å². The van der Waals surface area contributed by atoms with Crippen LogP contribution < -0.4 is 19.5 Å². The summed E-state index contributed by atoms with van der Waals surface area (Å²) >= 11 is 0. The number of benzene rings is 2. The highest BCUT2D eigenvalue weighted by atomic mass is 16.5. The Kier molecular flexibility index (Phi) is 5.21. The number of oxazole rings is 1. The number of pyridine rings is 1. The van der Waals surface area contributed by atoms with E-state index >= 15 is 0 Å². The molecular formula is C22H19N3O5. The number of hydrogen-bond acceptors (Lipinski definition) is 7. The second-order valence-electron chi connectivity index (χ2n) is 6.28. The van der Waals surface area contributed by atoms with Crippen molar-refractivity contribution >= 4 is 22.7 Å². The number of nitrogens with one attached hydrogen (secondary N) is 1. The van der Waals surface area contributed by atoms with Crippen LogP contribution in [-0.2, 0) is 0 Å². The molecule has 30 heavy (non-hydrogen) atoms. The maximum Gasteiger partial charge on any atom is 0.259 e. The molecule has 8 heteroatoms. The first-order valence-electron chi connectivity index (χ1n) is 9.06. The molecule has 0 radical (unpaired) electrons. The number of hydrogen-bond donors (Lipinski definition) is 1. The van der Waals surface area contributed by atoms with Gasteiger partial charge in [-0.2, -0.15) is 0 Å². The fraction of sp³-hybridized carbons (Fsp3) is 0.136. The molecule has 1 amide bonds. The molecule has 0 unspecified atom stereocenters. The molecule has 4 rings (SSSR count). The number of ether oxygens (including phenoxy) is 3. The van der Waals surface area contributed by atoms with Crippen LogP contribution in [0, 0.1) is 0 Å². The summed E-state index contributed by atoms with van der Waals surface area (Å²) in [6, 6.07) is 12.3. The zero-order chi connectivity index (χ0) is 21.1. The third kappa shape index (κ3) is 3.50. The largest absolute Gasteiger partial charge is 0.493 e. The first-order valence-corrected chi connectivity index (χ1v) is 9.06. The number of anilines is 1. The molecule has 0 saturated heterocycles. The zero-order valence-electron chi connectivity index (χ0n) is 16.6. The number of aromatic nitrogens is 2. The number of carbonyl (C=O) groups is 1. The average molecular weight is 405 g/mol. The highest BCUT2D eigenvalue weighted by Crippen LogP contribution is 2.40. The van der Waals surface area contributed by atoms with Crippen molar-refractivity contribution in [2.75, 3.05) is 26.6 Å². The molecule has 1 N–H and O–H groups in total. The molecule has 152 valence electrons. The van der Waals surface area contributed by atoms with E-state index in [0.29, 0.717) is 39.7 Å². The second-order valence-corrected chi connectivity index (χ2v) is 6.28. The Morgan fingerprint density at radius 2 is 1.83 bits per heavy atom. The zero-order valence-corrected chi connectivity index (χ0v) is 16.6. The molecule has 0 atom stereocenters. The number of carbonyl (C=O) groups excluding carboxylic acids is 1. The molecule has 0 bridgehead atoms. The van der Waals surface area contributed by atoms with Crippen molar-refractivity contribution in [3.05, 3.63) is 60.4 Å². The monoisotopic (exact) mass is 405 g/mol. The van der Waals surface area contributed by atoms with Gasteiger partial charge < -0.3 is 23.9 Å². The number of nitrogens with zero attached hydrogens (tertiary/aromatic N) is 2. The Morgan fingerprint density at radius 1 is 1.00 bits per heavy atom. The molecule has 2 aromatic carbocycles. The number of fused-ring (bicyclic) bond motifs is 1. The lowest BCUT2D eigenvalue weighted by Gasteiger charge is -2.15. The van der Waals surface area contributed by atoms with Gasteiger partial charge in [0.1, 0.15) is 5.52 Å². The summed E-state index contributed by atoms with van der Waals surface area (Å²) in [5.74, 6) is 1.20. The highest BCUT2D eigenvalue weighted by Gasteiger charge is 2.21. The van der Waals surface area contributed by atoms with E-state index in [2.05, 4.69) is 15.3 Å². The highest BCUT2D eigenvalue weighted by molar-refractivity contribution is 6.07. The Hall–Kier alpha value is -4.07. The molecule has 8 nitrogen and oxygen atoms in total. The van der Waals surface area contributed by atoms with Crippen LogP contribution in [0.5, 0.6) is 17.2 Å². The fourth-order valence-corrected chi connectivity index (χ4v) is 3.11. The first kappa shape index (κ1) is 19.3. The topological polar surface area (TPSA) is 95.7 Å². The van der Waals surface area contributed by atoms with E-state index in [0.717, 1.165) is 5.56 Å². The smallest absolute Gasteiger partial charge is 0.259 e. The van der Waals surface area contributed by atoms with Crippen LogP contribution in [0.15, 0.2) is 59.3 Å². The van der Waals surface area contributed by atoms with Crippen molar-refractivity contribution < 1.29 is 23.4 Å². The van der Waals surface area contributed by atoms with Gasteiger partial charge in [0.15, 0.2) is 17.1 Å². The summed E-state index contributed by atoms with van der Waals surface area (Å²) in [4.78, 5) is 21.4. The van der Waals surface area contributed by atoms with E-state index in [1.807, 2.05) is 12.1 Å². The van der Waals surface area contributed by atoms with Gasteiger partial charge in [0.25, 0.3) is 5.91 Å². The van der Waals surface area contributed by atoms with Crippen LogP contribution in [0.25, 0.3) is 22.6 Å². The summed E-state index contributed by atoms with van der Waals surface area (Å²) < 4.78 is 21.8. The van der Waals surface area contributed by atoms with Crippen LogP contribution in [0.4, 0.5) is 5.69 Å². The molecular weight excluding hydrogens is 386 g/mol. The summed E-state index contributed by atoms with van der Waals surface area (Å²) in [5, 5.41) is 2.87. The predicted molar refractivity (Wildman–Crippen MR) is 111 cm³/mol. The van der Waals surface area contributed by atoms with E-state index in [1.54, 1.807) is 42.7 Å². The molecule has 4 aromatic rings. The van der Waals surface area contributed by atoms with Crippen LogP contribution >= 0.6 is 0 Å². The average Bonchev–Trinajstić information content (AvgIpc) is 3.22. The van der Waals surface area contributed by atoms with Gasteiger partial charge in [-0.05, 0) is 36.4 Å². The minimum atomic E-state index is -0.355. The minimum Gasteiger partial charge on any atom is -0.493 e. The van der Waals surface area contributed by atoms with Crippen molar-refractivity contribution in [3.8, 4) is 28.7 Å².